The average Bonchev–Trinajstić information content (AvgIpc) is 2.63. The summed E-state index contributed by atoms with van der Waals surface area (Å²) >= 11 is 9.41. The van der Waals surface area contributed by atoms with Crippen LogP contribution in [-0.4, -0.2) is 55.8 Å². The van der Waals surface area contributed by atoms with Gasteiger partial charge >= 0.3 is 5.97 Å². The van der Waals surface area contributed by atoms with Crippen molar-refractivity contribution in [2.75, 3.05) is 39.8 Å². The minimum absolute atomic E-state index is 0.128. The summed E-state index contributed by atoms with van der Waals surface area (Å²) in [5.41, 5.74) is 0.128. The Balaban J connectivity index is 2.27. The maximum atomic E-state index is 11.1. The molecule has 0 aromatic heterocycles. The van der Waals surface area contributed by atoms with Crippen LogP contribution in [0.25, 0.3) is 0 Å². The van der Waals surface area contributed by atoms with E-state index >= 15 is 0 Å². The van der Waals surface area contributed by atoms with Gasteiger partial charge in [-0.15, -0.1) is 0 Å². The first-order valence-corrected chi connectivity index (χ1v) is 10.8. The molecule has 0 radical (unpaired) electrons. The largest absolute Gasteiger partial charge is 0.492 e. The Kier molecular flexibility index (Phi) is 12.0. The zero-order valence-corrected chi connectivity index (χ0v) is 18.9. The first-order valence-electron chi connectivity index (χ1n) is 9.59. The lowest BCUT2D eigenvalue weighted by Gasteiger charge is -2.19. The maximum Gasteiger partial charge on any atom is 0.335 e. The van der Waals surface area contributed by atoms with Crippen LogP contribution in [0.2, 0.25) is 5.02 Å². The van der Waals surface area contributed by atoms with E-state index in [-0.39, 0.29) is 5.56 Å². The summed E-state index contributed by atoms with van der Waals surface area (Å²) in [6.07, 6.45) is 4.35. The number of hydrogen-bond acceptors (Lipinski definition) is 4. The fourth-order valence-corrected chi connectivity index (χ4v) is 3.31. The molecule has 0 heterocycles. The highest BCUT2D eigenvalue weighted by Crippen LogP contribution is 2.34. The van der Waals surface area contributed by atoms with Crippen molar-refractivity contribution in [1.82, 2.24) is 10.2 Å². The molecule has 0 saturated heterocycles. The molecular weight excluding hydrogens is 432 g/mol. The third kappa shape index (κ3) is 9.79. The van der Waals surface area contributed by atoms with Crippen LogP contribution >= 0.6 is 27.5 Å². The Bertz CT molecular complexity index is 587. The Morgan fingerprint density at radius 3 is 2.74 bits per heavy atom. The van der Waals surface area contributed by atoms with Crippen molar-refractivity contribution in [3.8, 4) is 5.75 Å². The van der Waals surface area contributed by atoms with E-state index in [2.05, 4.69) is 47.0 Å². The topological polar surface area (TPSA) is 61.8 Å². The SMILES string of the molecule is CCNCCCN(C)CCC(C)CCCOc1cc(C(=O)O)cc(Cl)c1Br. The predicted molar refractivity (Wildman–Crippen MR) is 115 cm³/mol. The van der Waals surface area contributed by atoms with E-state index in [4.69, 9.17) is 21.4 Å². The summed E-state index contributed by atoms with van der Waals surface area (Å²) in [6, 6.07) is 2.92. The van der Waals surface area contributed by atoms with Gasteiger partial charge in [-0.2, -0.15) is 0 Å². The molecule has 27 heavy (non-hydrogen) atoms. The Labute approximate surface area is 176 Å². The number of rotatable bonds is 14. The molecule has 0 aliphatic carbocycles. The van der Waals surface area contributed by atoms with E-state index in [1.165, 1.54) is 25.0 Å². The van der Waals surface area contributed by atoms with E-state index in [1.54, 1.807) is 0 Å². The highest BCUT2D eigenvalue weighted by Gasteiger charge is 2.13. The first kappa shape index (κ1) is 24.2. The van der Waals surface area contributed by atoms with Gasteiger partial charge in [0.05, 0.1) is 21.7 Å². The number of nitrogens with zero attached hydrogens (tertiary/aromatic N) is 1. The van der Waals surface area contributed by atoms with Gasteiger partial charge in [-0.1, -0.05) is 25.4 Å². The molecular formula is C20H32BrClN2O3. The number of carbonyl (C=O) groups is 1. The molecule has 7 heteroatoms. The minimum atomic E-state index is -1.02. The molecule has 0 spiro atoms. The second-order valence-electron chi connectivity index (χ2n) is 6.97. The van der Waals surface area contributed by atoms with Gasteiger partial charge in [0.15, 0.2) is 0 Å². The number of benzene rings is 1. The monoisotopic (exact) mass is 462 g/mol. The highest BCUT2D eigenvalue weighted by molar-refractivity contribution is 9.10. The first-order chi connectivity index (χ1) is 12.8. The van der Waals surface area contributed by atoms with Gasteiger partial charge in [0, 0.05) is 0 Å². The standard InChI is InChI=1S/C20H32BrClN2O3/c1-4-23-9-6-10-24(3)11-8-15(2)7-5-12-27-18-14-16(20(25)26)13-17(22)19(18)21/h13-15,23H,4-12H2,1-3H3,(H,25,26). The number of aromatic carboxylic acids is 1. The molecule has 0 fully saturated rings. The molecule has 1 rings (SSSR count). The molecule has 1 aromatic carbocycles. The number of ether oxygens (including phenoxy) is 1. The summed E-state index contributed by atoms with van der Waals surface area (Å²) in [7, 11) is 2.18. The van der Waals surface area contributed by atoms with E-state index in [1.807, 2.05) is 0 Å². The van der Waals surface area contributed by atoms with Gasteiger partial charge in [0.25, 0.3) is 0 Å². The van der Waals surface area contributed by atoms with Crippen LogP contribution in [-0.2, 0) is 0 Å². The van der Waals surface area contributed by atoms with E-state index in [0.717, 1.165) is 39.0 Å². The van der Waals surface area contributed by atoms with Gasteiger partial charge in [0.1, 0.15) is 5.75 Å². The molecule has 1 unspecified atom stereocenters. The summed E-state index contributed by atoms with van der Waals surface area (Å²) in [5, 5.41) is 12.8. The second-order valence-corrected chi connectivity index (χ2v) is 8.17. The lowest BCUT2D eigenvalue weighted by Crippen LogP contribution is -2.25. The third-order valence-corrected chi connectivity index (χ3v) is 5.83. The summed E-state index contributed by atoms with van der Waals surface area (Å²) in [4.78, 5) is 13.5. The Morgan fingerprint density at radius 1 is 1.33 bits per heavy atom. The highest BCUT2D eigenvalue weighted by atomic mass is 79.9. The van der Waals surface area contributed by atoms with Crippen molar-refractivity contribution in [3.05, 3.63) is 27.2 Å². The number of carboxylic acids is 1. The van der Waals surface area contributed by atoms with Crippen molar-refractivity contribution in [3.63, 3.8) is 0 Å². The van der Waals surface area contributed by atoms with Gasteiger partial charge in [-0.3, -0.25) is 0 Å². The van der Waals surface area contributed by atoms with Crippen LogP contribution in [0.1, 0.15) is 49.9 Å². The number of nitrogens with one attached hydrogen (secondary N) is 1. The molecule has 1 aromatic rings. The molecule has 0 bridgehead atoms. The molecule has 154 valence electrons. The maximum absolute atomic E-state index is 11.1. The van der Waals surface area contributed by atoms with Crippen LogP contribution in [0, 0.1) is 5.92 Å². The minimum Gasteiger partial charge on any atom is -0.492 e. The zero-order chi connectivity index (χ0) is 20.2. The molecule has 5 nitrogen and oxygen atoms in total. The van der Waals surface area contributed by atoms with Crippen LogP contribution < -0.4 is 10.1 Å². The summed E-state index contributed by atoms with van der Waals surface area (Å²) in [6.45, 7) is 9.28. The Hall–Kier alpha value is -0.820. The molecule has 1 atom stereocenters. The predicted octanol–water partition coefficient (Wildman–Crippen LogP) is 4.92. The van der Waals surface area contributed by atoms with E-state index in [9.17, 15) is 4.79 Å². The van der Waals surface area contributed by atoms with Gasteiger partial charge < -0.3 is 20.1 Å². The van der Waals surface area contributed by atoms with Crippen molar-refractivity contribution in [2.24, 2.45) is 5.92 Å². The molecule has 0 saturated carbocycles. The fourth-order valence-electron chi connectivity index (χ4n) is 2.75. The molecule has 0 aliphatic heterocycles. The smallest absolute Gasteiger partial charge is 0.335 e. The number of halogens is 2. The molecule has 2 N–H and O–H groups in total. The van der Waals surface area contributed by atoms with Gasteiger partial charge in [-0.05, 0) is 92.9 Å². The Morgan fingerprint density at radius 2 is 2.07 bits per heavy atom. The van der Waals surface area contributed by atoms with E-state index < -0.39 is 5.97 Å². The number of hydrogen-bond donors (Lipinski definition) is 2. The van der Waals surface area contributed by atoms with Crippen LogP contribution in [0.3, 0.4) is 0 Å². The summed E-state index contributed by atoms with van der Waals surface area (Å²) in [5.74, 6) is 0.0904. The normalized spacial score (nSPS) is 12.4. The van der Waals surface area contributed by atoms with E-state index in [0.29, 0.717) is 27.8 Å². The quantitative estimate of drug-likeness (QED) is 0.384. The molecule has 0 amide bonds. The van der Waals surface area contributed by atoms with Crippen molar-refractivity contribution in [2.45, 2.75) is 39.5 Å². The summed E-state index contributed by atoms with van der Waals surface area (Å²) < 4.78 is 6.35. The second kappa shape index (κ2) is 13.4. The average molecular weight is 464 g/mol. The van der Waals surface area contributed by atoms with Crippen LogP contribution in [0.15, 0.2) is 16.6 Å². The third-order valence-electron chi connectivity index (χ3n) is 4.49. The van der Waals surface area contributed by atoms with Crippen molar-refractivity contribution < 1.29 is 14.6 Å². The van der Waals surface area contributed by atoms with Crippen molar-refractivity contribution in [1.29, 1.82) is 0 Å². The lowest BCUT2D eigenvalue weighted by molar-refractivity contribution is 0.0696. The van der Waals surface area contributed by atoms with Crippen LogP contribution in [0.4, 0.5) is 0 Å². The molecule has 0 aliphatic rings. The van der Waals surface area contributed by atoms with Crippen LogP contribution in [0.5, 0.6) is 5.75 Å². The van der Waals surface area contributed by atoms with Crippen molar-refractivity contribution >= 4 is 33.5 Å². The van der Waals surface area contributed by atoms with Gasteiger partial charge in [0.2, 0.25) is 0 Å². The number of carboxylic acid groups (broad SMARTS) is 1. The lowest BCUT2D eigenvalue weighted by atomic mass is 10.0. The fraction of sp³-hybridized carbons (Fsp3) is 0.650. The zero-order valence-electron chi connectivity index (χ0n) is 16.6. The van der Waals surface area contributed by atoms with Gasteiger partial charge in [-0.25, -0.2) is 4.79 Å².